The molecule has 172 valence electrons. The lowest BCUT2D eigenvalue weighted by Crippen LogP contribution is -2.46. The highest BCUT2D eigenvalue weighted by Gasteiger charge is 2.36. The highest BCUT2D eigenvalue weighted by Crippen LogP contribution is 2.40. The predicted octanol–water partition coefficient (Wildman–Crippen LogP) is 4.33. The van der Waals surface area contributed by atoms with Crippen molar-refractivity contribution in [1.29, 1.82) is 0 Å². The van der Waals surface area contributed by atoms with E-state index in [9.17, 15) is 4.79 Å². The van der Waals surface area contributed by atoms with Crippen LogP contribution in [0.2, 0.25) is 0 Å². The van der Waals surface area contributed by atoms with Crippen LogP contribution in [0.25, 0.3) is 0 Å². The number of hydrogen-bond acceptors (Lipinski definition) is 5. The van der Waals surface area contributed by atoms with Crippen LogP contribution in [-0.4, -0.2) is 41.2 Å². The van der Waals surface area contributed by atoms with Gasteiger partial charge in [0.25, 0.3) is 0 Å². The molecular formula is C26H36N4O2. The topological polar surface area (TPSA) is 67.4 Å². The van der Waals surface area contributed by atoms with E-state index in [2.05, 4.69) is 57.0 Å². The van der Waals surface area contributed by atoms with Gasteiger partial charge in [-0.15, -0.1) is 0 Å². The van der Waals surface area contributed by atoms with E-state index in [1.54, 1.807) is 0 Å². The molecule has 1 aliphatic carbocycles. The van der Waals surface area contributed by atoms with Gasteiger partial charge in [-0.1, -0.05) is 43.7 Å². The minimum absolute atomic E-state index is 0.0439. The Labute approximate surface area is 191 Å². The van der Waals surface area contributed by atoms with Crippen molar-refractivity contribution < 1.29 is 9.53 Å². The van der Waals surface area contributed by atoms with Gasteiger partial charge in [-0.2, -0.15) is 0 Å². The molecule has 1 aromatic carbocycles. The van der Waals surface area contributed by atoms with Gasteiger partial charge in [0.2, 0.25) is 11.9 Å². The van der Waals surface area contributed by atoms with Gasteiger partial charge in [0.15, 0.2) is 0 Å². The van der Waals surface area contributed by atoms with Gasteiger partial charge in [0.05, 0.1) is 29.9 Å². The molecule has 4 unspecified atom stereocenters. The Hall–Kier alpha value is -2.47. The molecule has 1 amide bonds. The van der Waals surface area contributed by atoms with Crippen LogP contribution in [0.4, 0.5) is 5.95 Å². The van der Waals surface area contributed by atoms with Crippen molar-refractivity contribution in [3.8, 4) is 0 Å². The summed E-state index contributed by atoms with van der Waals surface area (Å²) in [5.41, 5.74) is 4.38. The maximum atomic E-state index is 13.1. The number of anilines is 1. The first-order valence-electron chi connectivity index (χ1n) is 11.7. The van der Waals surface area contributed by atoms with Gasteiger partial charge in [0, 0.05) is 24.8 Å². The second-order valence-corrected chi connectivity index (χ2v) is 10.5. The van der Waals surface area contributed by atoms with Crippen LogP contribution in [0.15, 0.2) is 30.5 Å². The third kappa shape index (κ3) is 4.96. The third-order valence-corrected chi connectivity index (χ3v) is 6.65. The zero-order valence-corrected chi connectivity index (χ0v) is 20.2. The van der Waals surface area contributed by atoms with Crippen LogP contribution in [0.1, 0.15) is 75.4 Å². The van der Waals surface area contributed by atoms with E-state index in [1.165, 1.54) is 5.56 Å². The Morgan fingerprint density at radius 1 is 1.19 bits per heavy atom. The fourth-order valence-corrected chi connectivity index (χ4v) is 4.96. The van der Waals surface area contributed by atoms with Gasteiger partial charge in [-0.25, -0.2) is 9.97 Å². The second kappa shape index (κ2) is 8.81. The molecule has 0 spiro atoms. The van der Waals surface area contributed by atoms with Gasteiger partial charge in [0.1, 0.15) is 0 Å². The summed E-state index contributed by atoms with van der Waals surface area (Å²) in [6, 6.07) is 8.11. The van der Waals surface area contributed by atoms with E-state index in [-0.39, 0.29) is 35.5 Å². The minimum atomic E-state index is -0.208. The molecular weight excluding hydrogens is 400 g/mol. The van der Waals surface area contributed by atoms with E-state index >= 15 is 0 Å². The summed E-state index contributed by atoms with van der Waals surface area (Å²) in [5.74, 6) is 0.601. The van der Waals surface area contributed by atoms with Gasteiger partial charge < -0.3 is 15.0 Å². The van der Waals surface area contributed by atoms with Gasteiger partial charge in [-0.05, 0) is 51.5 Å². The summed E-state index contributed by atoms with van der Waals surface area (Å²) in [6.45, 7) is 14.3. The van der Waals surface area contributed by atoms with Crippen molar-refractivity contribution in [3.63, 3.8) is 0 Å². The lowest BCUT2D eigenvalue weighted by Gasteiger charge is -2.38. The molecule has 4 rings (SSSR count). The molecule has 6 heteroatoms. The molecule has 32 heavy (non-hydrogen) atoms. The lowest BCUT2D eigenvalue weighted by atomic mass is 9.74. The Morgan fingerprint density at radius 2 is 1.84 bits per heavy atom. The molecule has 0 radical (unpaired) electrons. The van der Waals surface area contributed by atoms with E-state index in [0.29, 0.717) is 0 Å². The van der Waals surface area contributed by atoms with Crippen LogP contribution in [0.5, 0.6) is 0 Å². The van der Waals surface area contributed by atoms with Crippen molar-refractivity contribution in [1.82, 2.24) is 15.3 Å². The average molecular weight is 437 g/mol. The monoisotopic (exact) mass is 436 g/mol. The Balaban J connectivity index is 1.56. The molecule has 2 aliphatic rings. The van der Waals surface area contributed by atoms with Crippen molar-refractivity contribution >= 4 is 11.9 Å². The first-order chi connectivity index (χ1) is 15.1. The molecule has 0 saturated carbocycles. The number of aromatic nitrogens is 2. The quantitative estimate of drug-likeness (QED) is 0.773. The van der Waals surface area contributed by atoms with E-state index in [1.807, 2.05) is 25.3 Å². The summed E-state index contributed by atoms with van der Waals surface area (Å²) < 4.78 is 5.87. The highest BCUT2D eigenvalue weighted by molar-refractivity contribution is 5.83. The number of ether oxygens (including phenoxy) is 1. The normalized spacial score (nSPS) is 25.7. The molecule has 1 saturated heterocycles. The Morgan fingerprint density at radius 3 is 2.50 bits per heavy atom. The smallest absolute Gasteiger partial charge is 0.227 e. The van der Waals surface area contributed by atoms with Crippen molar-refractivity contribution in [2.45, 2.75) is 78.6 Å². The second-order valence-electron chi connectivity index (χ2n) is 10.5. The molecule has 2 heterocycles. The molecule has 2 aromatic rings. The van der Waals surface area contributed by atoms with Crippen LogP contribution < -0.4 is 10.2 Å². The number of nitrogens with zero attached hydrogens (tertiary/aromatic N) is 3. The maximum absolute atomic E-state index is 13.1. The zero-order valence-electron chi connectivity index (χ0n) is 20.2. The Kier molecular flexibility index (Phi) is 6.26. The highest BCUT2D eigenvalue weighted by atomic mass is 16.5. The number of fused-ring (bicyclic) bond motifs is 1. The Bertz CT molecular complexity index is 962. The average Bonchev–Trinajstić information content (AvgIpc) is 2.71. The first-order valence-corrected chi connectivity index (χ1v) is 11.7. The maximum Gasteiger partial charge on any atom is 0.227 e. The van der Waals surface area contributed by atoms with Gasteiger partial charge in [-0.3, -0.25) is 4.79 Å². The number of hydrogen-bond donors (Lipinski definition) is 1. The summed E-state index contributed by atoms with van der Waals surface area (Å²) in [5, 5.41) is 3.30. The number of morpholine rings is 1. The van der Waals surface area contributed by atoms with Crippen LogP contribution in [0.3, 0.4) is 0 Å². The number of rotatable bonds is 4. The lowest BCUT2D eigenvalue weighted by molar-refractivity contribution is -0.123. The minimum Gasteiger partial charge on any atom is -0.372 e. The van der Waals surface area contributed by atoms with Crippen molar-refractivity contribution in [2.75, 3.05) is 18.0 Å². The molecule has 4 atom stereocenters. The number of carbonyl (C=O) groups excluding carboxylic acids is 1. The summed E-state index contributed by atoms with van der Waals surface area (Å²) in [6.07, 6.45) is 4.00. The third-order valence-electron chi connectivity index (χ3n) is 6.65. The summed E-state index contributed by atoms with van der Waals surface area (Å²) in [4.78, 5) is 25.0. The van der Waals surface area contributed by atoms with Crippen LogP contribution in [0, 0.1) is 12.3 Å². The number of aryl methyl sites for hydroxylation is 1. The van der Waals surface area contributed by atoms with Crippen molar-refractivity contribution in [3.05, 3.63) is 52.8 Å². The number of amides is 1. The van der Waals surface area contributed by atoms with Crippen LogP contribution >= 0.6 is 0 Å². The largest absolute Gasteiger partial charge is 0.372 e. The molecule has 6 nitrogen and oxygen atoms in total. The summed E-state index contributed by atoms with van der Waals surface area (Å²) >= 11 is 0. The molecule has 1 N–H and O–H groups in total. The SMILES string of the molecule is Cc1ccc(C(C)C(=O)NC2CC(C)(C)Cc3nc(N4CC(C)OC(C)C4)ncc32)cc1. The molecule has 1 aromatic heterocycles. The van der Waals surface area contributed by atoms with E-state index < -0.39 is 0 Å². The molecule has 1 fully saturated rings. The van der Waals surface area contributed by atoms with E-state index in [4.69, 9.17) is 14.7 Å². The number of carbonyl (C=O) groups is 1. The number of benzene rings is 1. The fourth-order valence-electron chi connectivity index (χ4n) is 4.96. The van der Waals surface area contributed by atoms with E-state index in [0.717, 1.165) is 48.7 Å². The fraction of sp³-hybridized carbons (Fsp3) is 0.577. The number of nitrogens with one attached hydrogen (secondary N) is 1. The predicted molar refractivity (Wildman–Crippen MR) is 127 cm³/mol. The molecule has 1 aliphatic heterocycles. The zero-order chi connectivity index (χ0) is 23.0. The van der Waals surface area contributed by atoms with Crippen LogP contribution in [-0.2, 0) is 16.0 Å². The first kappa shape index (κ1) is 22.7. The van der Waals surface area contributed by atoms with Crippen molar-refractivity contribution in [2.24, 2.45) is 5.41 Å². The standard InChI is InChI=1S/C26H36N4O2/c1-16-7-9-20(10-8-16)19(4)24(31)28-22-11-26(5,6)12-23-21(22)13-27-25(29-23)30-14-17(2)32-18(3)15-30/h7-10,13,17-19,22H,11-12,14-15H2,1-6H3,(H,28,31). The summed E-state index contributed by atoms with van der Waals surface area (Å²) in [7, 11) is 0. The van der Waals surface area contributed by atoms with Gasteiger partial charge >= 0.3 is 0 Å². The molecule has 0 bridgehead atoms.